The van der Waals surface area contributed by atoms with Gasteiger partial charge in [0, 0.05) is 0 Å². The number of unbranched alkanes of at least 4 members (excludes halogenated alkanes) is 2. The van der Waals surface area contributed by atoms with E-state index in [1.165, 1.54) is 41.5 Å². The van der Waals surface area contributed by atoms with Crippen LogP contribution in [0.25, 0.3) is 11.1 Å². The van der Waals surface area contributed by atoms with Crippen molar-refractivity contribution in [3.8, 4) is 11.1 Å². The first-order valence-corrected chi connectivity index (χ1v) is 8.00. The predicted octanol–water partition coefficient (Wildman–Crippen LogP) is 5.45. The van der Waals surface area contributed by atoms with Crippen molar-refractivity contribution in [1.29, 1.82) is 0 Å². The molecular weight excluding hydrogens is 256 g/mol. The molecule has 2 aromatic carbocycles. The molecular formula is C20H26O. The van der Waals surface area contributed by atoms with E-state index in [1.54, 1.807) is 0 Å². The van der Waals surface area contributed by atoms with Gasteiger partial charge in [0.05, 0.1) is 6.10 Å². The Bertz CT molecular complexity index is 567. The molecule has 21 heavy (non-hydrogen) atoms. The molecule has 1 nitrogen and oxygen atoms in total. The molecule has 0 aromatic heterocycles. The topological polar surface area (TPSA) is 20.2 Å². The van der Waals surface area contributed by atoms with Gasteiger partial charge in [-0.2, -0.15) is 0 Å². The van der Waals surface area contributed by atoms with Crippen molar-refractivity contribution in [3.63, 3.8) is 0 Å². The predicted molar refractivity (Wildman–Crippen MR) is 90.5 cm³/mol. The van der Waals surface area contributed by atoms with Gasteiger partial charge in [-0.1, -0.05) is 67.8 Å². The minimum Gasteiger partial charge on any atom is -0.389 e. The first-order chi connectivity index (χ1) is 10.1. The largest absolute Gasteiger partial charge is 0.389 e. The number of aliphatic hydroxyl groups is 1. The summed E-state index contributed by atoms with van der Waals surface area (Å²) in [5, 5.41) is 10.1. The first kappa shape index (κ1) is 15.8. The summed E-state index contributed by atoms with van der Waals surface area (Å²) in [7, 11) is 0. The summed E-state index contributed by atoms with van der Waals surface area (Å²) in [6.45, 7) is 6.18. The Kier molecular flexibility index (Phi) is 5.58. The van der Waals surface area contributed by atoms with E-state index >= 15 is 0 Å². The second-order valence-electron chi connectivity index (χ2n) is 5.88. The molecule has 0 aliphatic heterocycles. The molecule has 0 aliphatic rings. The van der Waals surface area contributed by atoms with Crippen LogP contribution in [0.1, 0.15) is 55.9 Å². The SMILES string of the molecule is CCCCCc1cccc(C(C)O)c1-c1ccc(C)cc1. The van der Waals surface area contributed by atoms with Crippen LogP contribution < -0.4 is 0 Å². The lowest BCUT2D eigenvalue weighted by Crippen LogP contribution is -2.00. The van der Waals surface area contributed by atoms with E-state index in [9.17, 15) is 5.11 Å². The van der Waals surface area contributed by atoms with Gasteiger partial charge in [-0.25, -0.2) is 0 Å². The molecule has 0 saturated heterocycles. The molecule has 112 valence electrons. The molecule has 0 fully saturated rings. The van der Waals surface area contributed by atoms with Crippen LogP contribution in [0.2, 0.25) is 0 Å². The van der Waals surface area contributed by atoms with Gasteiger partial charge in [0.1, 0.15) is 0 Å². The number of aryl methyl sites for hydroxylation is 2. The molecule has 1 heteroatoms. The fraction of sp³-hybridized carbons (Fsp3) is 0.400. The first-order valence-electron chi connectivity index (χ1n) is 8.00. The summed E-state index contributed by atoms with van der Waals surface area (Å²) < 4.78 is 0. The second-order valence-corrected chi connectivity index (χ2v) is 5.88. The van der Waals surface area contributed by atoms with E-state index in [0.717, 1.165) is 12.0 Å². The number of hydrogen-bond donors (Lipinski definition) is 1. The van der Waals surface area contributed by atoms with Gasteiger partial charge < -0.3 is 5.11 Å². The molecule has 0 saturated carbocycles. The normalized spacial score (nSPS) is 12.4. The van der Waals surface area contributed by atoms with Crippen molar-refractivity contribution in [2.75, 3.05) is 0 Å². The molecule has 0 bridgehead atoms. The van der Waals surface area contributed by atoms with Gasteiger partial charge >= 0.3 is 0 Å². The van der Waals surface area contributed by atoms with Gasteiger partial charge in [-0.3, -0.25) is 0 Å². The third kappa shape index (κ3) is 3.95. The van der Waals surface area contributed by atoms with Crippen molar-refractivity contribution in [2.45, 2.75) is 52.6 Å². The van der Waals surface area contributed by atoms with Crippen molar-refractivity contribution < 1.29 is 5.11 Å². The third-order valence-electron chi connectivity index (χ3n) is 4.02. The maximum Gasteiger partial charge on any atom is 0.0768 e. The van der Waals surface area contributed by atoms with Gasteiger partial charge in [0.25, 0.3) is 0 Å². The summed E-state index contributed by atoms with van der Waals surface area (Å²) in [5.41, 5.74) is 6.09. The van der Waals surface area contributed by atoms with Crippen LogP contribution in [0.3, 0.4) is 0 Å². The fourth-order valence-corrected chi connectivity index (χ4v) is 2.81. The summed E-state index contributed by atoms with van der Waals surface area (Å²) in [4.78, 5) is 0. The van der Waals surface area contributed by atoms with Crippen molar-refractivity contribution in [1.82, 2.24) is 0 Å². The minimum atomic E-state index is -0.438. The van der Waals surface area contributed by atoms with E-state index in [1.807, 2.05) is 13.0 Å². The summed E-state index contributed by atoms with van der Waals surface area (Å²) in [5.74, 6) is 0. The zero-order chi connectivity index (χ0) is 15.2. The molecule has 1 N–H and O–H groups in total. The molecule has 0 spiro atoms. The van der Waals surface area contributed by atoms with E-state index in [4.69, 9.17) is 0 Å². The Hall–Kier alpha value is -1.60. The second kappa shape index (κ2) is 7.42. The lowest BCUT2D eigenvalue weighted by Gasteiger charge is -2.17. The molecule has 0 aliphatic carbocycles. The van der Waals surface area contributed by atoms with Crippen LogP contribution in [0, 0.1) is 6.92 Å². The average Bonchev–Trinajstić information content (AvgIpc) is 2.48. The van der Waals surface area contributed by atoms with Crippen LogP contribution in [-0.4, -0.2) is 5.11 Å². The highest BCUT2D eigenvalue weighted by atomic mass is 16.3. The molecule has 1 atom stereocenters. The number of benzene rings is 2. The average molecular weight is 282 g/mol. The Labute approximate surface area is 128 Å². The maximum atomic E-state index is 10.1. The Morgan fingerprint density at radius 2 is 1.71 bits per heavy atom. The molecule has 0 amide bonds. The number of aliphatic hydroxyl groups excluding tert-OH is 1. The lowest BCUT2D eigenvalue weighted by molar-refractivity contribution is 0.200. The van der Waals surface area contributed by atoms with Crippen molar-refractivity contribution in [3.05, 3.63) is 59.2 Å². The molecule has 2 rings (SSSR count). The van der Waals surface area contributed by atoms with Crippen molar-refractivity contribution >= 4 is 0 Å². The Balaban J connectivity index is 2.45. The molecule has 2 aromatic rings. The Morgan fingerprint density at radius 3 is 2.33 bits per heavy atom. The standard InChI is InChI=1S/C20H26O/c1-4-5-6-8-17-9-7-10-19(16(3)21)20(17)18-13-11-15(2)12-14-18/h7,9-14,16,21H,4-6,8H2,1-3H3. The molecule has 0 radical (unpaired) electrons. The van der Waals surface area contributed by atoms with E-state index in [-0.39, 0.29) is 0 Å². The lowest BCUT2D eigenvalue weighted by atomic mass is 9.89. The van der Waals surface area contributed by atoms with Crippen LogP contribution in [0.5, 0.6) is 0 Å². The van der Waals surface area contributed by atoms with Crippen LogP contribution >= 0.6 is 0 Å². The highest BCUT2D eigenvalue weighted by molar-refractivity contribution is 5.72. The molecule has 0 heterocycles. The highest BCUT2D eigenvalue weighted by Gasteiger charge is 2.13. The van der Waals surface area contributed by atoms with Gasteiger partial charge in [0.2, 0.25) is 0 Å². The van der Waals surface area contributed by atoms with Crippen LogP contribution in [0.4, 0.5) is 0 Å². The Morgan fingerprint density at radius 1 is 1.00 bits per heavy atom. The maximum absolute atomic E-state index is 10.1. The smallest absolute Gasteiger partial charge is 0.0768 e. The minimum absolute atomic E-state index is 0.438. The van der Waals surface area contributed by atoms with Crippen LogP contribution in [0.15, 0.2) is 42.5 Å². The summed E-state index contributed by atoms with van der Waals surface area (Å²) >= 11 is 0. The van der Waals surface area contributed by atoms with Gasteiger partial charge in [-0.05, 0) is 48.9 Å². The quantitative estimate of drug-likeness (QED) is 0.699. The van der Waals surface area contributed by atoms with Gasteiger partial charge in [-0.15, -0.1) is 0 Å². The number of rotatable bonds is 6. The van der Waals surface area contributed by atoms with Gasteiger partial charge in [0.15, 0.2) is 0 Å². The zero-order valence-electron chi connectivity index (χ0n) is 13.4. The van der Waals surface area contributed by atoms with Crippen molar-refractivity contribution in [2.24, 2.45) is 0 Å². The fourth-order valence-electron chi connectivity index (χ4n) is 2.81. The van der Waals surface area contributed by atoms with Crippen LogP contribution in [-0.2, 0) is 6.42 Å². The molecule has 1 unspecified atom stereocenters. The van der Waals surface area contributed by atoms with E-state index in [0.29, 0.717) is 0 Å². The number of hydrogen-bond acceptors (Lipinski definition) is 1. The van der Waals surface area contributed by atoms with E-state index < -0.39 is 6.10 Å². The highest BCUT2D eigenvalue weighted by Crippen LogP contribution is 2.32. The third-order valence-corrected chi connectivity index (χ3v) is 4.02. The summed E-state index contributed by atoms with van der Waals surface area (Å²) in [6.07, 6.45) is 4.34. The van der Waals surface area contributed by atoms with E-state index in [2.05, 4.69) is 50.2 Å². The summed E-state index contributed by atoms with van der Waals surface area (Å²) in [6, 6.07) is 14.9. The zero-order valence-corrected chi connectivity index (χ0v) is 13.4. The monoisotopic (exact) mass is 282 g/mol.